The fourth-order valence-corrected chi connectivity index (χ4v) is 5.60. The number of nitrogens with zero attached hydrogens (tertiary/aromatic N) is 3. The molecule has 0 bridgehead atoms. The second kappa shape index (κ2) is 11.1. The van der Waals surface area contributed by atoms with Gasteiger partial charge in [0.05, 0.1) is 6.04 Å². The lowest BCUT2D eigenvalue weighted by atomic mass is 9.89. The predicted octanol–water partition coefficient (Wildman–Crippen LogP) is 4.83. The van der Waals surface area contributed by atoms with Gasteiger partial charge in [-0.1, -0.05) is 49.2 Å². The number of amides is 2. The number of halogens is 1. The summed E-state index contributed by atoms with van der Waals surface area (Å²) in [7, 11) is 0. The average molecular weight is 508 g/mol. The van der Waals surface area contributed by atoms with E-state index < -0.39 is 0 Å². The molecule has 190 valence electrons. The fourth-order valence-electron chi connectivity index (χ4n) is 5.47. The van der Waals surface area contributed by atoms with Crippen LogP contribution < -0.4 is 0 Å². The summed E-state index contributed by atoms with van der Waals surface area (Å²) in [6.07, 6.45) is 5.96. The van der Waals surface area contributed by atoms with Crippen LogP contribution in [0.3, 0.4) is 0 Å². The summed E-state index contributed by atoms with van der Waals surface area (Å²) in [5.41, 5.74) is 2.59. The van der Waals surface area contributed by atoms with E-state index >= 15 is 0 Å². The highest BCUT2D eigenvalue weighted by molar-refractivity contribution is 6.30. The van der Waals surface area contributed by atoms with Gasteiger partial charge in [0.25, 0.3) is 11.8 Å². The van der Waals surface area contributed by atoms with E-state index in [2.05, 4.69) is 11.8 Å². The molecular weight excluding hydrogens is 474 g/mol. The maximum absolute atomic E-state index is 13.5. The smallest absolute Gasteiger partial charge is 0.289 e. The van der Waals surface area contributed by atoms with E-state index in [0.29, 0.717) is 22.9 Å². The number of fused-ring (bicyclic) bond motifs is 1. The number of benzene rings is 2. The maximum atomic E-state index is 13.5. The number of ether oxygens (including phenoxy) is 1. The van der Waals surface area contributed by atoms with E-state index in [1.807, 2.05) is 64.4 Å². The zero-order valence-electron chi connectivity index (χ0n) is 20.9. The number of rotatable bonds is 5. The van der Waals surface area contributed by atoms with Crippen LogP contribution in [0.25, 0.3) is 6.08 Å². The second-order valence-electron chi connectivity index (χ2n) is 9.92. The average Bonchev–Trinajstić information content (AvgIpc) is 2.92. The van der Waals surface area contributed by atoms with Crippen molar-refractivity contribution in [1.82, 2.24) is 14.7 Å². The lowest BCUT2D eigenvalue weighted by Crippen LogP contribution is -2.54. The minimum Gasteiger partial charge on any atom is -0.482 e. The Morgan fingerprint density at radius 2 is 1.69 bits per heavy atom. The number of carbonyl (C=O) groups excluding carboxylic acids is 2. The van der Waals surface area contributed by atoms with Crippen LogP contribution in [-0.4, -0.2) is 71.4 Å². The van der Waals surface area contributed by atoms with E-state index in [-0.39, 0.29) is 24.0 Å². The molecule has 2 aromatic carbocycles. The molecule has 3 fully saturated rings. The van der Waals surface area contributed by atoms with Gasteiger partial charge in [-0.3, -0.25) is 9.59 Å². The van der Waals surface area contributed by atoms with Crippen LogP contribution in [0.1, 0.15) is 54.1 Å². The minimum absolute atomic E-state index is 0.0117. The number of morpholine rings is 1. The Balaban J connectivity index is 1.31. The quantitative estimate of drug-likeness (QED) is 0.544. The van der Waals surface area contributed by atoms with Crippen LogP contribution in [0.5, 0.6) is 0 Å². The van der Waals surface area contributed by atoms with E-state index in [1.54, 1.807) is 0 Å². The summed E-state index contributed by atoms with van der Waals surface area (Å²) in [4.78, 5) is 32.7. The first kappa shape index (κ1) is 24.8. The zero-order chi connectivity index (χ0) is 25.1. The van der Waals surface area contributed by atoms with Gasteiger partial charge in [-0.05, 0) is 67.3 Å². The molecule has 3 aliphatic rings. The van der Waals surface area contributed by atoms with Gasteiger partial charge in [0.15, 0.2) is 5.76 Å². The van der Waals surface area contributed by atoms with Gasteiger partial charge in [-0.15, -0.1) is 0 Å². The van der Waals surface area contributed by atoms with Gasteiger partial charge < -0.3 is 19.4 Å². The Labute approximate surface area is 218 Å². The molecule has 1 aliphatic carbocycles. The molecule has 2 aromatic rings. The summed E-state index contributed by atoms with van der Waals surface area (Å²) in [6.45, 7) is 7.05. The molecule has 6 nitrogen and oxygen atoms in total. The van der Waals surface area contributed by atoms with Crippen LogP contribution in [0.15, 0.2) is 54.3 Å². The fraction of sp³-hybridized carbons (Fsp3) is 0.448. The molecule has 0 spiro atoms. The Hall–Kier alpha value is -2.83. The van der Waals surface area contributed by atoms with Crippen molar-refractivity contribution in [3.63, 3.8) is 0 Å². The van der Waals surface area contributed by atoms with Crippen molar-refractivity contribution < 1.29 is 14.3 Å². The molecule has 2 unspecified atom stereocenters. The Bertz CT molecular complexity index is 1110. The largest absolute Gasteiger partial charge is 0.482 e. The normalized spacial score (nSPS) is 23.9. The SMILES string of the molecule is CCN1CCN(C(=O)c2ccc(/C=C3\OC4CCCCC4N(Cc4ccc(Cl)cc4)C3=O)cc2)CC1. The Morgan fingerprint density at radius 3 is 2.39 bits per heavy atom. The number of hydrogen-bond donors (Lipinski definition) is 0. The van der Waals surface area contributed by atoms with E-state index in [1.165, 1.54) is 0 Å². The standard InChI is InChI=1S/C29H34ClN3O3/c1-2-31-15-17-32(18-16-31)28(34)23-11-7-21(8-12-23)19-27-29(35)33(20-22-9-13-24(30)14-10-22)25-5-3-4-6-26(25)36-27/h7-14,19,25-26H,2-6,15-18,20H2,1H3/b27-19-. The van der Waals surface area contributed by atoms with Crippen LogP contribution in [0, 0.1) is 0 Å². The van der Waals surface area contributed by atoms with Crippen molar-refractivity contribution in [2.45, 2.75) is 51.3 Å². The van der Waals surface area contributed by atoms with Crippen molar-refractivity contribution in [2.24, 2.45) is 0 Å². The molecule has 2 heterocycles. The first-order valence-electron chi connectivity index (χ1n) is 13.1. The summed E-state index contributed by atoms with van der Waals surface area (Å²) in [5.74, 6) is 0.359. The monoisotopic (exact) mass is 507 g/mol. The van der Waals surface area contributed by atoms with Crippen LogP contribution in [0.4, 0.5) is 0 Å². The van der Waals surface area contributed by atoms with Gasteiger partial charge in [0.1, 0.15) is 6.10 Å². The highest BCUT2D eigenvalue weighted by Gasteiger charge is 2.41. The van der Waals surface area contributed by atoms with Crippen molar-refractivity contribution in [2.75, 3.05) is 32.7 Å². The number of piperazine rings is 1. The van der Waals surface area contributed by atoms with Crippen LogP contribution in [0.2, 0.25) is 5.02 Å². The van der Waals surface area contributed by atoms with E-state index in [4.69, 9.17) is 16.3 Å². The number of carbonyl (C=O) groups is 2. The van der Waals surface area contributed by atoms with Crippen LogP contribution in [-0.2, 0) is 16.1 Å². The molecule has 7 heteroatoms. The molecule has 2 atom stereocenters. The van der Waals surface area contributed by atoms with Gasteiger partial charge in [-0.25, -0.2) is 0 Å². The number of likely N-dealkylation sites (N-methyl/N-ethyl adjacent to an activating group) is 1. The van der Waals surface area contributed by atoms with Crippen molar-refractivity contribution in [3.8, 4) is 0 Å². The summed E-state index contributed by atoms with van der Waals surface area (Å²) in [6, 6.07) is 15.3. The third-order valence-electron chi connectivity index (χ3n) is 7.65. The molecular formula is C29H34ClN3O3. The first-order valence-corrected chi connectivity index (χ1v) is 13.4. The van der Waals surface area contributed by atoms with E-state index in [0.717, 1.165) is 69.5 Å². The van der Waals surface area contributed by atoms with Crippen molar-refractivity contribution >= 4 is 29.5 Å². The highest BCUT2D eigenvalue weighted by atomic mass is 35.5. The molecule has 2 amide bonds. The molecule has 1 saturated carbocycles. The summed E-state index contributed by atoms with van der Waals surface area (Å²) in [5, 5.41) is 0.688. The van der Waals surface area contributed by atoms with Crippen LogP contribution >= 0.6 is 11.6 Å². The predicted molar refractivity (Wildman–Crippen MR) is 142 cm³/mol. The second-order valence-corrected chi connectivity index (χ2v) is 10.4. The lowest BCUT2D eigenvalue weighted by molar-refractivity contribution is -0.149. The molecule has 2 aliphatic heterocycles. The number of hydrogen-bond acceptors (Lipinski definition) is 4. The van der Waals surface area contributed by atoms with Gasteiger partial charge >= 0.3 is 0 Å². The van der Waals surface area contributed by atoms with Crippen molar-refractivity contribution in [1.29, 1.82) is 0 Å². The molecule has 0 N–H and O–H groups in total. The van der Waals surface area contributed by atoms with E-state index in [9.17, 15) is 9.59 Å². The molecule has 2 saturated heterocycles. The Morgan fingerprint density at radius 1 is 1.00 bits per heavy atom. The lowest BCUT2D eigenvalue weighted by Gasteiger charge is -2.44. The highest BCUT2D eigenvalue weighted by Crippen LogP contribution is 2.34. The molecule has 0 radical (unpaired) electrons. The Kier molecular flexibility index (Phi) is 7.63. The van der Waals surface area contributed by atoms with Gasteiger partial charge in [0.2, 0.25) is 0 Å². The first-order chi connectivity index (χ1) is 17.5. The third kappa shape index (κ3) is 5.45. The third-order valence-corrected chi connectivity index (χ3v) is 7.90. The molecule has 5 rings (SSSR count). The van der Waals surface area contributed by atoms with Gasteiger partial charge in [-0.2, -0.15) is 0 Å². The summed E-state index contributed by atoms with van der Waals surface area (Å²) >= 11 is 6.06. The molecule has 0 aromatic heterocycles. The van der Waals surface area contributed by atoms with Crippen molar-refractivity contribution in [3.05, 3.63) is 76.0 Å². The van der Waals surface area contributed by atoms with Gasteiger partial charge in [0, 0.05) is 43.3 Å². The topological polar surface area (TPSA) is 53.1 Å². The minimum atomic E-state index is -0.0814. The zero-order valence-corrected chi connectivity index (χ0v) is 21.6. The maximum Gasteiger partial charge on any atom is 0.289 e. The summed E-state index contributed by atoms with van der Waals surface area (Å²) < 4.78 is 6.26. The molecule has 36 heavy (non-hydrogen) atoms.